The molecule has 0 unspecified atom stereocenters. The van der Waals surface area contributed by atoms with Crippen molar-refractivity contribution in [3.05, 3.63) is 65.2 Å². The summed E-state index contributed by atoms with van der Waals surface area (Å²) in [4.78, 5) is 28.5. The fraction of sp³-hybridized carbons (Fsp3) is 0.533. The molecule has 1 aliphatic rings. The Morgan fingerprint density at radius 2 is 1.73 bits per heavy atom. The Bertz CT molecular complexity index is 1290. The Morgan fingerprint density at radius 1 is 1.05 bits per heavy atom. The fourth-order valence-corrected chi connectivity index (χ4v) is 6.27. The van der Waals surface area contributed by atoms with E-state index in [4.69, 9.17) is 0 Å². The molecule has 41 heavy (non-hydrogen) atoms. The molecule has 2 amide bonds. The number of carbonyl (C=O) groups is 2. The Hall–Kier alpha value is -3.08. The van der Waals surface area contributed by atoms with Gasteiger partial charge in [-0.15, -0.1) is 0 Å². The van der Waals surface area contributed by atoms with E-state index in [2.05, 4.69) is 5.32 Å². The number of halogens is 3. The van der Waals surface area contributed by atoms with Crippen LogP contribution in [-0.4, -0.2) is 50.0 Å². The first-order chi connectivity index (χ1) is 19.3. The van der Waals surface area contributed by atoms with Crippen LogP contribution in [0.1, 0.15) is 75.0 Å². The summed E-state index contributed by atoms with van der Waals surface area (Å²) in [5.41, 5.74) is 0.798. The van der Waals surface area contributed by atoms with E-state index in [0.29, 0.717) is 6.42 Å². The first kappa shape index (κ1) is 32.4. The summed E-state index contributed by atoms with van der Waals surface area (Å²) in [6.45, 7) is 3.81. The molecule has 0 bridgehead atoms. The molecule has 0 aliphatic heterocycles. The topological polar surface area (TPSA) is 86.8 Å². The van der Waals surface area contributed by atoms with Crippen molar-refractivity contribution < 1.29 is 31.2 Å². The number of nitrogens with zero attached hydrogens (tertiary/aromatic N) is 2. The van der Waals surface area contributed by atoms with E-state index >= 15 is 0 Å². The number of nitrogens with one attached hydrogen (secondary N) is 1. The lowest BCUT2D eigenvalue weighted by Gasteiger charge is -2.33. The largest absolute Gasteiger partial charge is 0.416 e. The van der Waals surface area contributed by atoms with Crippen LogP contribution in [0.15, 0.2) is 48.5 Å². The lowest BCUT2D eigenvalue weighted by atomic mass is 9.95. The zero-order chi connectivity index (χ0) is 30.2. The molecule has 0 aromatic heterocycles. The molecule has 1 aliphatic carbocycles. The third kappa shape index (κ3) is 9.48. The number of hydrogen-bond donors (Lipinski definition) is 1. The standard InChI is InChI=1S/C30H40F3N3O4S/c1-4-27(29(38)34-25-14-6-5-7-15-25)35(21-23-12-8-11-22(2)19-23)28(37)17-10-18-36(41(3,39)40)26-16-9-13-24(20-26)30(31,32)33/h8-9,11-13,16,19-20,25,27H,4-7,10,14-15,17-18,21H2,1-3H3,(H,34,38)/t27-/m1/s1. The van der Waals surface area contributed by atoms with E-state index < -0.39 is 27.8 Å². The second-order valence-electron chi connectivity index (χ2n) is 10.8. The Balaban J connectivity index is 1.78. The van der Waals surface area contributed by atoms with Gasteiger partial charge in [0.15, 0.2) is 0 Å². The highest BCUT2D eigenvalue weighted by molar-refractivity contribution is 7.92. The average Bonchev–Trinajstić information content (AvgIpc) is 2.90. The number of anilines is 1. The minimum absolute atomic E-state index is 0.0626. The van der Waals surface area contributed by atoms with E-state index in [-0.39, 0.29) is 49.5 Å². The molecule has 1 N–H and O–H groups in total. The van der Waals surface area contributed by atoms with Crippen LogP contribution >= 0.6 is 0 Å². The van der Waals surface area contributed by atoms with Crippen molar-refractivity contribution in [3.8, 4) is 0 Å². The van der Waals surface area contributed by atoms with Crippen molar-refractivity contribution in [2.24, 2.45) is 0 Å². The number of rotatable bonds is 12. The Labute approximate surface area is 241 Å². The highest BCUT2D eigenvalue weighted by atomic mass is 32.2. The number of benzene rings is 2. The van der Waals surface area contributed by atoms with Gasteiger partial charge >= 0.3 is 6.18 Å². The van der Waals surface area contributed by atoms with E-state index in [9.17, 15) is 31.2 Å². The molecule has 3 rings (SSSR count). The van der Waals surface area contributed by atoms with E-state index in [1.165, 1.54) is 6.07 Å². The first-order valence-electron chi connectivity index (χ1n) is 14.1. The molecule has 1 fully saturated rings. The third-order valence-electron chi connectivity index (χ3n) is 7.39. The van der Waals surface area contributed by atoms with Gasteiger partial charge in [-0.1, -0.05) is 62.1 Å². The van der Waals surface area contributed by atoms with Crippen LogP contribution in [-0.2, 0) is 32.3 Å². The Morgan fingerprint density at radius 3 is 2.34 bits per heavy atom. The summed E-state index contributed by atoms with van der Waals surface area (Å²) in [5, 5.41) is 3.12. The molecule has 0 radical (unpaired) electrons. The quantitative estimate of drug-likeness (QED) is 0.335. The summed E-state index contributed by atoms with van der Waals surface area (Å²) in [7, 11) is -3.93. The molecule has 226 valence electrons. The number of sulfonamides is 1. The molecule has 0 spiro atoms. The number of aryl methyl sites for hydroxylation is 1. The van der Waals surface area contributed by atoms with Crippen LogP contribution in [0.25, 0.3) is 0 Å². The SMILES string of the molecule is CC[C@H](C(=O)NC1CCCCC1)N(Cc1cccc(C)c1)C(=O)CCCN(c1cccc(C(F)(F)F)c1)S(C)(=O)=O. The maximum atomic E-state index is 13.6. The molecule has 2 aromatic rings. The van der Waals surface area contributed by atoms with E-state index in [0.717, 1.165) is 72.0 Å². The minimum Gasteiger partial charge on any atom is -0.352 e. The van der Waals surface area contributed by atoms with Crippen molar-refractivity contribution in [2.45, 2.75) is 90.0 Å². The van der Waals surface area contributed by atoms with Gasteiger partial charge in [0.2, 0.25) is 21.8 Å². The van der Waals surface area contributed by atoms with Gasteiger partial charge in [-0.25, -0.2) is 8.42 Å². The van der Waals surface area contributed by atoms with Gasteiger partial charge in [0.25, 0.3) is 0 Å². The van der Waals surface area contributed by atoms with Gasteiger partial charge < -0.3 is 10.2 Å². The third-order valence-corrected chi connectivity index (χ3v) is 8.58. The summed E-state index contributed by atoms with van der Waals surface area (Å²) in [5.74, 6) is -0.531. The minimum atomic E-state index is -4.63. The summed E-state index contributed by atoms with van der Waals surface area (Å²) >= 11 is 0. The maximum absolute atomic E-state index is 13.6. The van der Waals surface area contributed by atoms with Crippen molar-refractivity contribution in [1.29, 1.82) is 0 Å². The number of amides is 2. The van der Waals surface area contributed by atoms with Gasteiger partial charge in [-0.3, -0.25) is 13.9 Å². The zero-order valence-electron chi connectivity index (χ0n) is 23.9. The predicted molar refractivity (Wildman–Crippen MR) is 154 cm³/mol. The van der Waals surface area contributed by atoms with Crippen molar-refractivity contribution in [1.82, 2.24) is 10.2 Å². The van der Waals surface area contributed by atoms with Crippen LogP contribution in [0, 0.1) is 6.92 Å². The average molecular weight is 596 g/mol. The molecule has 0 heterocycles. The van der Waals surface area contributed by atoms with E-state index in [1.807, 2.05) is 38.1 Å². The fourth-order valence-electron chi connectivity index (χ4n) is 5.31. The number of hydrogen-bond acceptors (Lipinski definition) is 4. The summed E-state index contributed by atoms with van der Waals surface area (Å²) in [6.07, 6.45) is 1.74. The zero-order valence-corrected chi connectivity index (χ0v) is 24.7. The van der Waals surface area contributed by atoms with Gasteiger partial charge in [0.1, 0.15) is 6.04 Å². The second kappa shape index (κ2) is 14.2. The highest BCUT2D eigenvalue weighted by Crippen LogP contribution is 2.32. The van der Waals surface area contributed by atoms with Gasteiger partial charge in [-0.2, -0.15) is 13.2 Å². The second-order valence-corrected chi connectivity index (χ2v) is 12.7. The smallest absolute Gasteiger partial charge is 0.352 e. The molecule has 2 aromatic carbocycles. The predicted octanol–water partition coefficient (Wildman–Crippen LogP) is 5.82. The molecule has 1 saturated carbocycles. The van der Waals surface area contributed by atoms with Gasteiger partial charge in [-0.05, 0) is 56.4 Å². The van der Waals surface area contributed by atoms with E-state index in [1.54, 1.807) is 4.90 Å². The van der Waals surface area contributed by atoms with Crippen molar-refractivity contribution >= 4 is 27.5 Å². The molecule has 1 atom stereocenters. The monoisotopic (exact) mass is 595 g/mol. The summed E-state index contributed by atoms with van der Waals surface area (Å²) < 4.78 is 65.6. The number of alkyl halides is 3. The number of carbonyl (C=O) groups excluding carboxylic acids is 2. The van der Waals surface area contributed by atoms with Crippen LogP contribution in [0.5, 0.6) is 0 Å². The molecule has 11 heteroatoms. The highest BCUT2D eigenvalue weighted by Gasteiger charge is 2.32. The Kier molecular flexibility index (Phi) is 11.2. The van der Waals surface area contributed by atoms with Gasteiger partial charge in [0.05, 0.1) is 17.5 Å². The van der Waals surface area contributed by atoms with Crippen LogP contribution in [0.2, 0.25) is 0 Å². The van der Waals surface area contributed by atoms with Crippen molar-refractivity contribution in [2.75, 3.05) is 17.1 Å². The molecular weight excluding hydrogens is 555 g/mol. The lowest BCUT2D eigenvalue weighted by molar-refractivity contribution is -0.141. The van der Waals surface area contributed by atoms with Crippen LogP contribution in [0.4, 0.5) is 18.9 Å². The first-order valence-corrected chi connectivity index (χ1v) is 15.9. The van der Waals surface area contributed by atoms with Crippen LogP contribution < -0.4 is 9.62 Å². The molecule has 0 saturated heterocycles. The van der Waals surface area contributed by atoms with Crippen molar-refractivity contribution in [3.63, 3.8) is 0 Å². The normalized spacial score (nSPS) is 15.3. The lowest BCUT2D eigenvalue weighted by Crippen LogP contribution is -2.51. The maximum Gasteiger partial charge on any atom is 0.416 e. The summed E-state index contributed by atoms with van der Waals surface area (Å²) in [6, 6.07) is 11.1. The van der Waals surface area contributed by atoms with Crippen LogP contribution in [0.3, 0.4) is 0 Å². The van der Waals surface area contributed by atoms with Gasteiger partial charge in [0, 0.05) is 25.6 Å². The molecular formula is C30H40F3N3O4S. The molecule has 7 nitrogen and oxygen atoms in total.